The molecule has 0 spiro atoms. The molecule has 1 fully saturated rings. The lowest BCUT2D eigenvalue weighted by atomic mass is 10.1. The van der Waals surface area contributed by atoms with Crippen molar-refractivity contribution in [3.8, 4) is 0 Å². The van der Waals surface area contributed by atoms with E-state index in [0.717, 1.165) is 18.4 Å². The van der Waals surface area contributed by atoms with Crippen LogP contribution in [0, 0.1) is 5.82 Å². The predicted molar refractivity (Wildman–Crippen MR) is 77.7 cm³/mol. The van der Waals surface area contributed by atoms with Crippen molar-refractivity contribution < 1.29 is 9.18 Å². The van der Waals surface area contributed by atoms with E-state index in [1.165, 1.54) is 25.0 Å². The maximum Gasteiger partial charge on any atom is 0.237 e. The molecule has 0 unspecified atom stereocenters. The number of likely N-dealkylation sites (N-methyl/N-ethyl adjacent to an activating group) is 1. The number of amides is 1. The van der Waals surface area contributed by atoms with Crippen molar-refractivity contribution in [3.63, 3.8) is 0 Å². The van der Waals surface area contributed by atoms with Crippen LogP contribution in [0.2, 0.25) is 0 Å². The van der Waals surface area contributed by atoms with E-state index in [1.54, 1.807) is 12.1 Å². The summed E-state index contributed by atoms with van der Waals surface area (Å²) in [5, 5.41) is 3.11. The molecule has 2 rings (SSSR count). The summed E-state index contributed by atoms with van der Waals surface area (Å²) in [6.45, 7) is 2.55. The van der Waals surface area contributed by atoms with Gasteiger partial charge < -0.3 is 5.32 Å². The van der Waals surface area contributed by atoms with Gasteiger partial charge in [0.1, 0.15) is 5.82 Å². The molecule has 1 atom stereocenters. The van der Waals surface area contributed by atoms with Crippen LogP contribution < -0.4 is 5.32 Å². The first-order valence-corrected chi connectivity index (χ1v) is 7.31. The van der Waals surface area contributed by atoms with E-state index >= 15 is 0 Å². The Morgan fingerprint density at radius 2 is 1.95 bits per heavy atom. The van der Waals surface area contributed by atoms with Crippen LogP contribution in [-0.2, 0) is 11.3 Å². The average molecular weight is 278 g/mol. The zero-order valence-corrected chi connectivity index (χ0v) is 12.2. The summed E-state index contributed by atoms with van der Waals surface area (Å²) in [4.78, 5) is 14.2. The van der Waals surface area contributed by atoms with Gasteiger partial charge in [-0.05, 0) is 44.5 Å². The Kier molecular flexibility index (Phi) is 5.12. The molecular formula is C16H23FN2O. The van der Waals surface area contributed by atoms with E-state index in [9.17, 15) is 9.18 Å². The van der Waals surface area contributed by atoms with E-state index in [2.05, 4.69) is 5.32 Å². The third-order valence-corrected chi connectivity index (χ3v) is 4.09. The number of benzene rings is 1. The van der Waals surface area contributed by atoms with Gasteiger partial charge in [-0.3, -0.25) is 9.69 Å². The van der Waals surface area contributed by atoms with Crippen molar-refractivity contribution in [1.82, 2.24) is 10.2 Å². The van der Waals surface area contributed by atoms with Gasteiger partial charge in [-0.2, -0.15) is 0 Å². The van der Waals surface area contributed by atoms with Crippen molar-refractivity contribution in [2.24, 2.45) is 0 Å². The van der Waals surface area contributed by atoms with Crippen LogP contribution in [-0.4, -0.2) is 29.9 Å². The molecule has 0 bridgehead atoms. The standard InChI is InChI=1S/C16H23FN2O/c1-12(16(20)18-15-5-3-4-6-15)19(2)11-13-7-9-14(17)10-8-13/h7-10,12,15H,3-6,11H2,1-2H3,(H,18,20)/t12-/m1/s1. The van der Waals surface area contributed by atoms with E-state index in [4.69, 9.17) is 0 Å². The molecule has 0 heterocycles. The number of rotatable bonds is 5. The highest BCUT2D eigenvalue weighted by Gasteiger charge is 2.23. The molecule has 1 aliphatic rings. The van der Waals surface area contributed by atoms with E-state index in [-0.39, 0.29) is 17.8 Å². The van der Waals surface area contributed by atoms with E-state index in [1.807, 2.05) is 18.9 Å². The molecule has 0 aromatic heterocycles. The molecule has 0 radical (unpaired) electrons. The van der Waals surface area contributed by atoms with Crippen LogP contribution in [0.3, 0.4) is 0 Å². The summed E-state index contributed by atoms with van der Waals surface area (Å²) in [6.07, 6.45) is 4.62. The Morgan fingerprint density at radius 1 is 1.35 bits per heavy atom. The lowest BCUT2D eigenvalue weighted by Gasteiger charge is -2.25. The third-order valence-electron chi connectivity index (χ3n) is 4.09. The van der Waals surface area contributed by atoms with Crippen molar-refractivity contribution in [3.05, 3.63) is 35.6 Å². The maximum atomic E-state index is 12.9. The van der Waals surface area contributed by atoms with Crippen LogP contribution in [0.25, 0.3) is 0 Å². The molecule has 3 nitrogen and oxygen atoms in total. The molecule has 0 aliphatic heterocycles. The summed E-state index contributed by atoms with van der Waals surface area (Å²) in [6, 6.07) is 6.59. The minimum absolute atomic E-state index is 0.0847. The molecule has 20 heavy (non-hydrogen) atoms. The SMILES string of the molecule is C[C@H](C(=O)NC1CCCC1)N(C)Cc1ccc(F)cc1. The van der Waals surface area contributed by atoms with Gasteiger partial charge in [0.05, 0.1) is 6.04 Å². The van der Waals surface area contributed by atoms with Crippen molar-refractivity contribution in [2.75, 3.05) is 7.05 Å². The summed E-state index contributed by atoms with van der Waals surface area (Å²) in [5.41, 5.74) is 1.01. The second-order valence-corrected chi connectivity index (χ2v) is 5.71. The number of halogens is 1. The van der Waals surface area contributed by atoms with Gasteiger partial charge in [-0.25, -0.2) is 4.39 Å². The highest BCUT2D eigenvalue weighted by atomic mass is 19.1. The van der Waals surface area contributed by atoms with Gasteiger partial charge in [-0.15, -0.1) is 0 Å². The molecule has 1 N–H and O–H groups in total. The fraction of sp³-hybridized carbons (Fsp3) is 0.562. The lowest BCUT2D eigenvalue weighted by molar-refractivity contribution is -0.126. The van der Waals surface area contributed by atoms with Crippen molar-refractivity contribution in [2.45, 2.75) is 51.2 Å². The first kappa shape index (κ1) is 15.0. The molecule has 1 aromatic carbocycles. The summed E-state index contributed by atoms with van der Waals surface area (Å²) < 4.78 is 12.9. The van der Waals surface area contributed by atoms with Gasteiger partial charge in [0.15, 0.2) is 0 Å². The number of hydrogen-bond donors (Lipinski definition) is 1. The largest absolute Gasteiger partial charge is 0.352 e. The summed E-state index contributed by atoms with van der Waals surface area (Å²) in [5.74, 6) is -0.148. The molecule has 1 aliphatic carbocycles. The van der Waals surface area contributed by atoms with Crippen molar-refractivity contribution >= 4 is 5.91 Å². The topological polar surface area (TPSA) is 32.3 Å². The Balaban J connectivity index is 1.85. The summed E-state index contributed by atoms with van der Waals surface area (Å²) >= 11 is 0. The van der Waals surface area contributed by atoms with Crippen LogP contribution in [0.1, 0.15) is 38.2 Å². The van der Waals surface area contributed by atoms with Gasteiger partial charge in [0.25, 0.3) is 0 Å². The monoisotopic (exact) mass is 278 g/mol. The second-order valence-electron chi connectivity index (χ2n) is 5.71. The Bertz CT molecular complexity index is 440. The fourth-order valence-corrected chi connectivity index (χ4v) is 2.61. The number of carbonyl (C=O) groups excluding carboxylic acids is 1. The van der Waals surface area contributed by atoms with Crippen LogP contribution in [0.5, 0.6) is 0 Å². The minimum atomic E-state index is -0.233. The molecular weight excluding hydrogens is 255 g/mol. The predicted octanol–water partition coefficient (Wildman–Crippen LogP) is 2.70. The third kappa shape index (κ3) is 4.04. The molecule has 1 amide bonds. The lowest BCUT2D eigenvalue weighted by Crippen LogP contribution is -2.46. The molecule has 0 saturated heterocycles. The molecule has 1 aromatic rings. The highest BCUT2D eigenvalue weighted by molar-refractivity contribution is 5.81. The maximum absolute atomic E-state index is 12.9. The van der Waals surface area contributed by atoms with Crippen LogP contribution in [0.15, 0.2) is 24.3 Å². The number of hydrogen-bond acceptors (Lipinski definition) is 2. The Labute approximate surface area is 120 Å². The smallest absolute Gasteiger partial charge is 0.237 e. The molecule has 1 saturated carbocycles. The zero-order chi connectivity index (χ0) is 14.5. The van der Waals surface area contributed by atoms with Crippen molar-refractivity contribution in [1.29, 1.82) is 0 Å². The number of nitrogens with one attached hydrogen (secondary N) is 1. The number of carbonyl (C=O) groups is 1. The van der Waals surface area contributed by atoms with Gasteiger partial charge in [-0.1, -0.05) is 25.0 Å². The Hall–Kier alpha value is -1.42. The molecule has 110 valence electrons. The van der Waals surface area contributed by atoms with Crippen LogP contribution in [0.4, 0.5) is 4.39 Å². The van der Waals surface area contributed by atoms with Gasteiger partial charge in [0.2, 0.25) is 5.91 Å². The number of nitrogens with zero attached hydrogens (tertiary/aromatic N) is 1. The van der Waals surface area contributed by atoms with Crippen LogP contribution >= 0.6 is 0 Å². The summed E-state index contributed by atoms with van der Waals surface area (Å²) in [7, 11) is 1.92. The van der Waals surface area contributed by atoms with Gasteiger partial charge in [0, 0.05) is 12.6 Å². The molecule has 4 heteroatoms. The normalized spacial score (nSPS) is 17.4. The quantitative estimate of drug-likeness (QED) is 0.898. The minimum Gasteiger partial charge on any atom is -0.352 e. The first-order valence-electron chi connectivity index (χ1n) is 7.31. The highest BCUT2D eigenvalue weighted by Crippen LogP contribution is 2.18. The second kappa shape index (κ2) is 6.84. The zero-order valence-electron chi connectivity index (χ0n) is 12.2. The van der Waals surface area contributed by atoms with E-state index < -0.39 is 0 Å². The average Bonchev–Trinajstić information content (AvgIpc) is 2.93. The van der Waals surface area contributed by atoms with E-state index in [0.29, 0.717) is 12.6 Å². The Morgan fingerprint density at radius 3 is 2.55 bits per heavy atom. The first-order chi connectivity index (χ1) is 9.56. The van der Waals surface area contributed by atoms with Gasteiger partial charge >= 0.3 is 0 Å². The fourth-order valence-electron chi connectivity index (χ4n) is 2.61.